The molecular weight excluding hydrogens is 402 g/mol. The topological polar surface area (TPSA) is 94.4 Å². The van der Waals surface area contributed by atoms with Crippen molar-refractivity contribution in [2.45, 2.75) is 6.92 Å². The minimum Gasteiger partial charge on any atom is -0.483 e. The van der Waals surface area contributed by atoms with E-state index in [0.29, 0.717) is 11.4 Å². The Morgan fingerprint density at radius 1 is 1.13 bits per heavy atom. The zero-order chi connectivity index (χ0) is 21.1. The van der Waals surface area contributed by atoms with Gasteiger partial charge in [0.2, 0.25) is 0 Å². The number of hydrogen-bond donors (Lipinski definition) is 1. The minimum atomic E-state index is -0.500. The lowest BCUT2D eigenvalue weighted by Gasteiger charge is -2.11. The molecule has 4 aromatic rings. The Hall–Kier alpha value is -3.78. The smallest absolute Gasteiger partial charge is 0.271 e. The second-order valence-electron chi connectivity index (χ2n) is 6.58. The van der Waals surface area contributed by atoms with Crippen LogP contribution in [0.25, 0.3) is 20.8 Å². The van der Waals surface area contributed by atoms with Crippen LogP contribution in [0.3, 0.4) is 0 Å². The Morgan fingerprint density at radius 3 is 2.70 bits per heavy atom. The number of nitro groups is 1. The van der Waals surface area contributed by atoms with Crippen molar-refractivity contribution in [2.24, 2.45) is 0 Å². The molecule has 0 aliphatic carbocycles. The van der Waals surface area contributed by atoms with Gasteiger partial charge in [0.25, 0.3) is 11.6 Å². The van der Waals surface area contributed by atoms with E-state index in [2.05, 4.69) is 10.3 Å². The molecule has 1 N–H and O–H groups in total. The van der Waals surface area contributed by atoms with Crippen LogP contribution in [-0.2, 0) is 4.79 Å². The number of hydrogen-bond acceptors (Lipinski definition) is 6. The summed E-state index contributed by atoms with van der Waals surface area (Å²) in [4.78, 5) is 27.5. The highest BCUT2D eigenvalue weighted by molar-refractivity contribution is 7.21. The molecule has 0 fully saturated rings. The van der Waals surface area contributed by atoms with Crippen LogP contribution in [0.2, 0.25) is 0 Å². The molecule has 0 saturated carbocycles. The number of nitrogens with zero attached hydrogens (tertiary/aromatic N) is 2. The molecule has 0 radical (unpaired) electrons. The van der Waals surface area contributed by atoms with Crippen molar-refractivity contribution in [2.75, 3.05) is 11.9 Å². The van der Waals surface area contributed by atoms with Crippen molar-refractivity contribution in [3.05, 3.63) is 82.4 Å². The summed E-state index contributed by atoms with van der Waals surface area (Å²) in [5.41, 5.74) is 2.74. The number of ether oxygens (including phenoxy) is 1. The normalized spacial score (nSPS) is 10.7. The average Bonchev–Trinajstić information content (AvgIpc) is 3.18. The molecule has 1 heterocycles. The molecule has 0 spiro atoms. The lowest BCUT2D eigenvalue weighted by molar-refractivity contribution is -0.384. The molecule has 1 amide bonds. The molecule has 0 aliphatic heterocycles. The fourth-order valence-electron chi connectivity index (χ4n) is 2.94. The summed E-state index contributed by atoms with van der Waals surface area (Å²) in [5.74, 6) is 0.139. The molecule has 0 unspecified atom stereocenters. The average molecular weight is 419 g/mol. The van der Waals surface area contributed by atoms with Crippen molar-refractivity contribution in [3.8, 4) is 16.3 Å². The summed E-state index contributed by atoms with van der Waals surface area (Å²) in [6.45, 7) is 1.53. The van der Waals surface area contributed by atoms with Crippen molar-refractivity contribution in [1.29, 1.82) is 0 Å². The summed E-state index contributed by atoms with van der Waals surface area (Å²) in [6.07, 6.45) is 0. The van der Waals surface area contributed by atoms with E-state index >= 15 is 0 Å². The van der Waals surface area contributed by atoms with E-state index in [-0.39, 0.29) is 12.3 Å². The van der Waals surface area contributed by atoms with Crippen LogP contribution < -0.4 is 10.1 Å². The van der Waals surface area contributed by atoms with E-state index in [9.17, 15) is 14.9 Å². The first-order chi connectivity index (χ1) is 14.5. The quantitative estimate of drug-likeness (QED) is 0.342. The van der Waals surface area contributed by atoms with Gasteiger partial charge in [-0.05, 0) is 36.8 Å². The third kappa shape index (κ3) is 4.13. The molecule has 150 valence electrons. The number of fused-ring (bicyclic) bond motifs is 1. The van der Waals surface area contributed by atoms with Crippen molar-refractivity contribution in [1.82, 2.24) is 4.98 Å². The molecule has 7 nitrogen and oxygen atoms in total. The fraction of sp³-hybridized carbons (Fsp3) is 0.0909. The number of anilines is 1. The summed E-state index contributed by atoms with van der Waals surface area (Å²) in [6, 6.07) is 19.6. The third-order valence-electron chi connectivity index (χ3n) is 4.48. The number of para-hydroxylation sites is 2. The van der Waals surface area contributed by atoms with Gasteiger partial charge in [-0.25, -0.2) is 4.98 Å². The number of non-ortho nitro benzene ring substituents is 1. The summed E-state index contributed by atoms with van der Waals surface area (Å²) >= 11 is 1.55. The van der Waals surface area contributed by atoms with Crippen LogP contribution in [0.5, 0.6) is 5.75 Å². The second kappa shape index (κ2) is 8.30. The maximum Gasteiger partial charge on any atom is 0.271 e. The van der Waals surface area contributed by atoms with Gasteiger partial charge in [0.05, 0.1) is 26.4 Å². The Kier molecular flexibility index (Phi) is 5.40. The number of amides is 1. The first-order valence-corrected chi connectivity index (χ1v) is 9.95. The van der Waals surface area contributed by atoms with Crippen LogP contribution >= 0.6 is 11.3 Å². The first kappa shape index (κ1) is 19.5. The van der Waals surface area contributed by atoms with Gasteiger partial charge in [-0.3, -0.25) is 14.9 Å². The number of benzene rings is 3. The Bertz CT molecular complexity index is 1220. The molecule has 0 saturated heterocycles. The molecule has 1 aromatic heterocycles. The highest BCUT2D eigenvalue weighted by Crippen LogP contribution is 2.35. The highest BCUT2D eigenvalue weighted by atomic mass is 32.1. The van der Waals surface area contributed by atoms with Crippen LogP contribution in [-0.4, -0.2) is 22.4 Å². The molecular formula is C22H17N3O4S. The number of nitro benzene ring substituents is 1. The number of nitrogens with one attached hydrogen (secondary N) is 1. The monoisotopic (exact) mass is 419 g/mol. The van der Waals surface area contributed by atoms with E-state index in [1.54, 1.807) is 30.4 Å². The van der Waals surface area contributed by atoms with Crippen LogP contribution in [0.4, 0.5) is 11.4 Å². The van der Waals surface area contributed by atoms with Gasteiger partial charge in [0, 0.05) is 12.1 Å². The third-order valence-corrected chi connectivity index (χ3v) is 5.55. The largest absolute Gasteiger partial charge is 0.483 e. The maximum atomic E-state index is 12.4. The van der Waals surface area contributed by atoms with Gasteiger partial charge >= 0.3 is 0 Å². The molecule has 0 atom stereocenters. The van der Waals surface area contributed by atoms with E-state index in [0.717, 1.165) is 26.4 Å². The summed E-state index contributed by atoms with van der Waals surface area (Å²) in [7, 11) is 0. The zero-order valence-corrected chi connectivity index (χ0v) is 16.8. The van der Waals surface area contributed by atoms with Crippen molar-refractivity contribution in [3.63, 3.8) is 0 Å². The van der Waals surface area contributed by atoms with Gasteiger partial charge in [0.15, 0.2) is 6.61 Å². The summed E-state index contributed by atoms with van der Waals surface area (Å²) in [5, 5.41) is 14.4. The Balaban J connectivity index is 1.50. The van der Waals surface area contributed by atoms with Crippen molar-refractivity contribution >= 4 is 38.8 Å². The molecule has 0 aliphatic rings. The van der Waals surface area contributed by atoms with Gasteiger partial charge in [-0.2, -0.15) is 0 Å². The van der Waals surface area contributed by atoms with Crippen LogP contribution in [0.1, 0.15) is 5.56 Å². The Labute approximate surface area is 176 Å². The number of carbonyl (C=O) groups is 1. The van der Waals surface area contributed by atoms with E-state index in [1.807, 2.05) is 42.5 Å². The summed E-state index contributed by atoms with van der Waals surface area (Å²) < 4.78 is 6.83. The number of aryl methyl sites for hydroxylation is 1. The number of carbonyl (C=O) groups excluding carboxylic acids is 1. The van der Waals surface area contributed by atoms with E-state index < -0.39 is 10.8 Å². The van der Waals surface area contributed by atoms with Gasteiger partial charge in [-0.1, -0.05) is 30.3 Å². The van der Waals surface area contributed by atoms with Gasteiger partial charge < -0.3 is 10.1 Å². The minimum absolute atomic E-state index is 0.0852. The fourth-order valence-corrected chi connectivity index (χ4v) is 3.94. The van der Waals surface area contributed by atoms with Gasteiger partial charge in [-0.15, -0.1) is 11.3 Å². The molecule has 3 aromatic carbocycles. The molecule has 30 heavy (non-hydrogen) atoms. The van der Waals surface area contributed by atoms with Crippen LogP contribution in [0.15, 0.2) is 66.7 Å². The first-order valence-electron chi connectivity index (χ1n) is 9.14. The zero-order valence-electron chi connectivity index (χ0n) is 16.0. The SMILES string of the molecule is Cc1ccc([N+](=O)[O-])cc1NC(=O)COc1ccccc1-c1nc2ccccc2s1. The number of aromatic nitrogens is 1. The maximum absolute atomic E-state index is 12.4. The number of thiazole rings is 1. The van der Waals surface area contributed by atoms with E-state index in [4.69, 9.17) is 4.74 Å². The standard InChI is InChI=1S/C22H17N3O4S/c1-14-10-11-15(25(27)28)12-18(14)23-21(26)13-29-19-8-4-2-6-16(19)22-24-17-7-3-5-9-20(17)30-22/h2-12H,13H2,1H3,(H,23,26). The lowest BCUT2D eigenvalue weighted by Crippen LogP contribution is -2.21. The predicted octanol–water partition coefficient (Wildman–Crippen LogP) is 5.20. The number of rotatable bonds is 6. The van der Waals surface area contributed by atoms with Crippen LogP contribution in [0, 0.1) is 17.0 Å². The predicted molar refractivity (Wildman–Crippen MR) is 117 cm³/mol. The van der Waals surface area contributed by atoms with E-state index in [1.165, 1.54) is 12.1 Å². The molecule has 4 rings (SSSR count). The second-order valence-corrected chi connectivity index (χ2v) is 7.61. The lowest BCUT2D eigenvalue weighted by atomic mass is 10.2. The Morgan fingerprint density at radius 2 is 1.90 bits per heavy atom. The molecule has 8 heteroatoms. The molecule has 0 bridgehead atoms. The highest BCUT2D eigenvalue weighted by Gasteiger charge is 2.14. The van der Waals surface area contributed by atoms with Gasteiger partial charge in [0.1, 0.15) is 10.8 Å². The van der Waals surface area contributed by atoms with Crippen molar-refractivity contribution < 1.29 is 14.5 Å².